The normalized spacial score (nSPS) is 14.0. The molecule has 1 aliphatic rings. The number of halogens is 1. The van der Waals surface area contributed by atoms with Gasteiger partial charge >= 0.3 is 5.97 Å². The summed E-state index contributed by atoms with van der Waals surface area (Å²) < 4.78 is 11.3. The second-order valence-corrected chi connectivity index (χ2v) is 8.78. The fourth-order valence-electron chi connectivity index (χ4n) is 3.19. The Hall–Kier alpha value is -2.24. The highest BCUT2D eigenvalue weighted by Gasteiger charge is 2.07. The number of ether oxygens (including phenoxy) is 2. The molecule has 1 saturated carbocycles. The molecule has 3 rings (SSSR count). The summed E-state index contributed by atoms with van der Waals surface area (Å²) in [6.45, 7) is 5.28. The Kier molecular flexibility index (Phi) is 10.7. The predicted molar refractivity (Wildman–Crippen MR) is 125 cm³/mol. The van der Waals surface area contributed by atoms with Crippen molar-refractivity contribution in [2.24, 2.45) is 11.7 Å². The van der Waals surface area contributed by atoms with Crippen molar-refractivity contribution in [1.82, 2.24) is 0 Å². The molecule has 31 heavy (non-hydrogen) atoms. The molecule has 0 unspecified atom stereocenters. The Bertz CT molecular complexity index is 802. The van der Waals surface area contributed by atoms with Crippen LogP contribution in [0, 0.1) is 5.92 Å². The van der Waals surface area contributed by atoms with Crippen LogP contribution in [0.1, 0.15) is 57.1 Å². The molecule has 6 heteroatoms. The standard InChI is InChI=1S/C19H21ClO4.C6H13N/c1-13(2)11-23-16-6-3-14(4-7-16)12-24-18-8-5-15(9-17(18)20)10-19(21)22;7-6-4-2-1-3-5-6/h3-9,13H,10-12H2,1-2H3,(H,21,22);6H,1-5,7H2. The lowest BCUT2D eigenvalue weighted by Gasteiger charge is -2.15. The summed E-state index contributed by atoms with van der Waals surface area (Å²) in [6, 6.07) is 13.3. The molecular weight excluding hydrogens is 414 g/mol. The summed E-state index contributed by atoms with van der Waals surface area (Å²) in [4.78, 5) is 10.7. The third-order valence-corrected chi connectivity index (χ3v) is 5.20. The molecule has 170 valence electrons. The van der Waals surface area contributed by atoms with E-state index in [0.29, 0.717) is 41.5 Å². The van der Waals surface area contributed by atoms with E-state index in [1.807, 2.05) is 24.3 Å². The number of benzene rings is 2. The fourth-order valence-corrected chi connectivity index (χ4v) is 3.44. The smallest absolute Gasteiger partial charge is 0.307 e. The highest BCUT2D eigenvalue weighted by Crippen LogP contribution is 2.27. The van der Waals surface area contributed by atoms with E-state index >= 15 is 0 Å². The largest absolute Gasteiger partial charge is 0.493 e. The van der Waals surface area contributed by atoms with Crippen molar-refractivity contribution in [1.29, 1.82) is 0 Å². The number of aliphatic carboxylic acids is 1. The number of carboxylic acid groups (broad SMARTS) is 1. The van der Waals surface area contributed by atoms with Crippen molar-refractivity contribution in [3.8, 4) is 11.5 Å². The average molecular weight is 448 g/mol. The summed E-state index contributed by atoms with van der Waals surface area (Å²) in [6.07, 6.45) is 6.61. The second-order valence-electron chi connectivity index (χ2n) is 8.37. The maximum atomic E-state index is 10.7. The Morgan fingerprint density at radius 3 is 2.23 bits per heavy atom. The van der Waals surface area contributed by atoms with Crippen LogP contribution < -0.4 is 15.2 Å². The van der Waals surface area contributed by atoms with Crippen LogP contribution in [0.4, 0.5) is 0 Å². The van der Waals surface area contributed by atoms with Gasteiger partial charge in [-0.2, -0.15) is 0 Å². The molecule has 0 aliphatic heterocycles. The van der Waals surface area contributed by atoms with E-state index in [-0.39, 0.29) is 6.42 Å². The minimum Gasteiger partial charge on any atom is -0.493 e. The Morgan fingerprint density at radius 2 is 1.71 bits per heavy atom. The SMILES string of the molecule is CC(C)COc1ccc(COc2ccc(CC(=O)O)cc2Cl)cc1.NC1CCCCC1. The van der Waals surface area contributed by atoms with E-state index in [4.69, 9.17) is 31.9 Å². The molecule has 0 atom stereocenters. The van der Waals surface area contributed by atoms with E-state index in [1.54, 1.807) is 18.2 Å². The zero-order chi connectivity index (χ0) is 22.6. The van der Waals surface area contributed by atoms with Gasteiger partial charge in [-0.05, 0) is 54.2 Å². The number of hydrogen-bond acceptors (Lipinski definition) is 4. The molecule has 2 aromatic rings. The maximum absolute atomic E-state index is 10.7. The zero-order valence-corrected chi connectivity index (χ0v) is 19.2. The molecule has 0 spiro atoms. The lowest BCUT2D eigenvalue weighted by Crippen LogP contribution is -2.22. The average Bonchev–Trinajstić information content (AvgIpc) is 2.73. The molecule has 0 radical (unpaired) electrons. The highest BCUT2D eigenvalue weighted by atomic mass is 35.5. The van der Waals surface area contributed by atoms with E-state index in [0.717, 1.165) is 11.3 Å². The summed E-state index contributed by atoms with van der Waals surface area (Å²) in [5.41, 5.74) is 7.28. The molecule has 0 heterocycles. The second kappa shape index (κ2) is 13.2. The van der Waals surface area contributed by atoms with Crippen molar-refractivity contribution < 1.29 is 19.4 Å². The van der Waals surface area contributed by atoms with Gasteiger partial charge < -0.3 is 20.3 Å². The molecule has 1 aliphatic carbocycles. The van der Waals surface area contributed by atoms with Crippen LogP contribution in [0.3, 0.4) is 0 Å². The van der Waals surface area contributed by atoms with E-state index in [2.05, 4.69) is 13.8 Å². The Balaban J connectivity index is 0.000000412. The summed E-state index contributed by atoms with van der Waals surface area (Å²) >= 11 is 6.14. The minimum absolute atomic E-state index is 0.0577. The third kappa shape index (κ3) is 10.1. The van der Waals surface area contributed by atoms with Crippen molar-refractivity contribution in [3.63, 3.8) is 0 Å². The van der Waals surface area contributed by atoms with Crippen molar-refractivity contribution >= 4 is 17.6 Å². The lowest BCUT2D eigenvalue weighted by molar-refractivity contribution is -0.136. The van der Waals surface area contributed by atoms with Gasteiger partial charge in [0.15, 0.2) is 0 Å². The predicted octanol–water partition coefficient (Wildman–Crippen LogP) is 5.86. The van der Waals surface area contributed by atoms with Crippen LogP contribution in [0.15, 0.2) is 42.5 Å². The van der Waals surface area contributed by atoms with E-state index in [1.165, 1.54) is 32.1 Å². The van der Waals surface area contributed by atoms with Gasteiger partial charge in [0, 0.05) is 6.04 Å². The maximum Gasteiger partial charge on any atom is 0.307 e. The number of hydrogen-bond donors (Lipinski definition) is 2. The number of carboxylic acids is 1. The molecule has 2 aromatic carbocycles. The molecule has 0 aromatic heterocycles. The van der Waals surface area contributed by atoms with Crippen molar-refractivity contribution in [3.05, 3.63) is 58.6 Å². The highest BCUT2D eigenvalue weighted by molar-refractivity contribution is 6.32. The number of rotatable bonds is 8. The van der Waals surface area contributed by atoms with Gasteiger partial charge in [-0.3, -0.25) is 4.79 Å². The molecule has 1 fully saturated rings. The molecular formula is C25H34ClNO4. The van der Waals surface area contributed by atoms with Gasteiger partial charge in [-0.15, -0.1) is 0 Å². The first-order valence-corrected chi connectivity index (χ1v) is 11.3. The summed E-state index contributed by atoms with van der Waals surface area (Å²) in [5.74, 6) is 0.966. The van der Waals surface area contributed by atoms with Crippen LogP contribution in [-0.2, 0) is 17.8 Å². The minimum atomic E-state index is -0.889. The molecule has 0 bridgehead atoms. The summed E-state index contributed by atoms with van der Waals surface area (Å²) in [5, 5.41) is 9.19. The molecule has 0 saturated heterocycles. The van der Waals surface area contributed by atoms with Crippen LogP contribution in [0.5, 0.6) is 11.5 Å². The fraction of sp³-hybridized carbons (Fsp3) is 0.480. The van der Waals surface area contributed by atoms with Crippen molar-refractivity contribution in [2.75, 3.05) is 6.61 Å². The van der Waals surface area contributed by atoms with Crippen LogP contribution in [0.25, 0.3) is 0 Å². The van der Waals surface area contributed by atoms with Crippen LogP contribution in [0.2, 0.25) is 5.02 Å². The van der Waals surface area contributed by atoms with Gasteiger partial charge in [0.05, 0.1) is 18.1 Å². The quantitative estimate of drug-likeness (QED) is 0.529. The molecule has 5 nitrogen and oxygen atoms in total. The zero-order valence-electron chi connectivity index (χ0n) is 18.5. The number of nitrogens with two attached hydrogens (primary N) is 1. The topological polar surface area (TPSA) is 81.8 Å². The van der Waals surface area contributed by atoms with E-state index < -0.39 is 5.97 Å². The Morgan fingerprint density at radius 1 is 1.06 bits per heavy atom. The van der Waals surface area contributed by atoms with Gasteiger partial charge in [-0.25, -0.2) is 0 Å². The van der Waals surface area contributed by atoms with Gasteiger partial charge in [0.25, 0.3) is 0 Å². The Labute approximate surface area is 190 Å². The van der Waals surface area contributed by atoms with E-state index in [9.17, 15) is 4.79 Å². The third-order valence-electron chi connectivity index (χ3n) is 4.90. The molecule has 0 amide bonds. The van der Waals surface area contributed by atoms with Crippen molar-refractivity contribution in [2.45, 2.75) is 65.0 Å². The monoisotopic (exact) mass is 447 g/mol. The van der Waals surface area contributed by atoms with Crippen LogP contribution >= 0.6 is 11.6 Å². The lowest BCUT2D eigenvalue weighted by atomic mass is 9.97. The first kappa shape index (κ1) is 25.0. The van der Waals surface area contributed by atoms with Gasteiger partial charge in [-0.1, -0.05) is 62.9 Å². The first-order chi connectivity index (χ1) is 14.8. The van der Waals surface area contributed by atoms with Gasteiger partial charge in [0.1, 0.15) is 18.1 Å². The molecule has 3 N–H and O–H groups in total. The number of carbonyl (C=O) groups is 1. The summed E-state index contributed by atoms with van der Waals surface area (Å²) in [7, 11) is 0. The first-order valence-electron chi connectivity index (χ1n) is 10.9. The van der Waals surface area contributed by atoms with Gasteiger partial charge in [0.2, 0.25) is 0 Å². The van der Waals surface area contributed by atoms with Crippen LogP contribution in [-0.4, -0.2) is 23.7 Å².